The van der Waals surface area contributed by atoms with Crippen LogP contribution < -0.4 is 10.5 Å². The Kier molecular flexibility index (Phi) is 5.45. The van der Waals surface area contributed by atoms with Gasteiger partial charge in [0.1, 0.15) is 0 Å². The van der Waals surface area contributed by atoms with Crippen molar-refractivity contribution in [1.82, 2.24) is 4.72 Å². The lowest BCUT2D eigenvalue weighted by Crippen LogP contribution is -2.27. The third-order valence-electron chi connectivity index (χ3n) is 2.48. The Morgan fingerprint density at radius 1 is 1.38 bits per heavy atom. The van der Waals surface area contributed by atoms with E-state index < -0.39 is 33.3 Å². The van der Waals surface area contributed by atoms with E-state index >= 15 is 0 Å². The van der Waals surface area contributed by atoms with Gasteiger partial charge in [-0.3, -0.25) is 4.79 Å². The van der Waals surface area contributed by atoms with Gasteiger partial charge in [0.25, 0.3) is 5.78 Å². The lowest BCUT2D eigenvalue weighted by Gasteiger charge is -2.15. The highest BCUT2D eigenvalue weighted by atomic mass is 79.9. The van der Waals surface area contributed by atoms with Crippen molar-refractivity contribution in [2.45, 2.75) is 11.9 Å². The molecule has 3 N–H and O–H groups in total. The summed E-state index contributed by atoms with van der Waals surface area (Å²) in [6, 6.07) is 1.08. The molecule has 21 heavy (non-hydrogen) atoms. The second-order valence-corrected chi connectivity index (χ2v) is 7.48. The molecule has 1 aromatic rings. The molecule has 0 amide bonds. The maximum atomic E-state index is 12.7. The highest BCUT2D eigenvalue weighted by Crippen LogP contribution is 2.37. The predicted octanol–water partition coefficient (Wildman–Crippen LogP) is 2.59. The Balaban J connectivity index is 3.60. The zero-order chi connectivity index (χ0) is 16.6. The number of halogens is 5. The van der Waals surface area contributed by atoms with Crippen molar-refractivity contribution in [3.8, 4) is 0 Å². The second kappa shape index (κ2) is 6.23. The summed E-state index contributed by atoms with van der Waals surface area (Å²) in [5.74, 6) is -2.96. The van der Waals surface area contributed by atoms with Crippen LogP contribution in [-0.4, -0.2) is 27.4 Å². The molecule has 118 valence electrons. The fourth-order valence-electron chi connectivity index (χ4n) is 1.46. The summed E-state index contributed by atoms with van der Waals surface area (Å²) in [5, 5.41) is 0. The van der Waals surface area contributed by atoms with Crippen LogP contribution in [0.4, 0.5) is 18.9 Å². The number of hydrogen-bond donors (Lipinski definition) is 2. The summed E-state index contributed by atoms with van der Waals surface area (Å²) in [7, 11) is -2.76. The van der Waals surface area contributed by atoms with Crippen LogP contribution >= 0.6 is 31.9 Å². The number of hydrogen-bond acceptors (Lipinski definition) is 4. The van der Waals surface area contributed by atoms with Crippen molar-refractivity contribution < 1.29 is 26.4 Å². The van der Waals surface area contributed by atoms with Crippen LogP contribution in [0.2, 0.25) is 0 Å². The average Bonchev–Trinajstić information content (AvgIpc) is 2.34. The van der Waals surface area contributed by atoms with Crippen molar-refractivity contribution in [3.05, 3.63) is 26.1 Å². The molecule has 11 heteroatoms. The van der Waals surface area contributed by atoms with Crippen LogP contribution in [0, 0.1) is 0 Å². The zero-order valence-corrected chi connectivity index (χ0v) is 14.4. The molecule has 1 rings (SSSR count). The molecule has 0 radical (unpaired) electrons. The van der Waals surface area contributed by atoms with Gasteiger partial charge in [0.2, 0.25) is 10.0 Å². The molecule has 0 bridgehead atoms. The van der Waals surface area contributed by atoms with Gasteiger partial charge in [-0.25, -0.2) is 13.1 Å². The predicted molar refractivity (Wildman–Crippen MR) is 78.3 cm³/mol. The Labute approximate surface area is 135 Å². The molecule has 0 aromatic heterocycles. The number of benzene rings is 1. The van der Waals surface area contributed by atoms with E-state index in [2.05, 4.69) is 31.9 Å². The topological polar surface area (TPSA) is 89.3 Å². The molecule has 5 nitrogen and oxygen atoms in total. The minimum absolute atomic E-state index is 0.131. The molecule has 0 aliphatic carbocycles. The number of nitrogens with two attached hydrogens (primary N) is 1. The summed E-state index contributed by atoms with van der Waals surface area (Å²) >= 11 is 5.81. The second-order valence-electron chi connectivity index (χ2n) is 3.91. The number of carbonyl (C=O) groups excluding carboxylic acids is 1. The maximum Gasteiger partial charge on any atom is 0.454 e. The molecule has 0 atom stereocenters. The number of Topliss-reactive ketones (excluding diaryl/α,β-unsaturated/α-hetero) is 1. The molecule has 1 aromatic carbocycles. The smallest absolute Gasteiger partial charge is 0.397 e. The van der Waals surface area contributed by atoms with Crippen molar-refractivity contribution in [2.75, 3.05) is 12.8 Å². The Hall–Kier alpha value is -0.650. The molecule has 0 heterocycles. The Morgan fingerprint density at radius 2 is 1.90 bits per heavy atom. The number of ketones is 1. The van der Waals surface area contributed by atoms with Crippen LogP contribution in [0.25, 0.3) is 0 Å². The third kappa shape index (κ3) is 4.18. The number of sulfonamides is 1. The van der Waals surface area contributed by atoms with Crippen LogP contribution in [0.3, 0.4) is 0 Å². The molecule has 0 saturated heterocycles. The number of nitrogen functional groups attached to an aromatic ring is 1. The SMILES string of the molecule is CNS(=O)(=O)Cc1cc(Br)c(N)c(Br)c1C(=O)C(F)(F)F. The van der Waals surface area contributed by atoms with E-state index in [1.165, 1.54) is 0 Å². The van der Waals surface area contributed by atoms with E-state index in [-0.39, 0.29) is 20.2 Å². The van der Waals surface area contributed by atoms with Gasteiger partial charge in [0.15, 0.2) is 0 Å². The lowest BCUT2D eigenvalue weighted by molar-refractivity contribution is -0.0886. The maximum absolute atomic E-state index is 12.7. The van der Waals surface area contributed by atoms with Crippen LogP contribution in [0.5, 0.6) is 0 Å². The summed E-state index contributed by atoms with van der Waals surface area (Å²) in [4.78, 5) is 11.5. The van der Waals surface area contributed by atoms with Gasteiger partial charge in [0.05, 0.1) is 15.9 Å². The molecule has 0 spiro atoms. The number of nitrogens with one attached hydrogen (secondary N) is 1. The van der Waals surface area contributed by atoms with Crippen molar-refractivity contribution in [3.63, 3.8) is 0 Å². The standard InChI is InChI=1S/C10H9Br2F3N2O3S/c1-17-21(19,20)3-4-2-5(11)8(16)7(12)6(4)9(18)10(13,14)15/h2,17H,3,16H2,1H3. The molecule has 0 aliphatic rings. The highest BCUT2D eigenvalue weighted by Gasteiger charge is 2.42. The van der Waals surface area contributed by atoms with Gasteiger partial charge in [-0.1, -0.05) is 0 Å². The van der Waals surface area contributed by atoms with Crippen molar-refractivity contribution >= 4 is 53.4 Å². The Morgan fingerprint density at radius 3 is 2.33 bits per heavy atom. The Bertz CT molecular complexity index is 690. The van der Waals surface area contributed by atoms with E-state index in [1.54, 1.807) is 0 Å². The van der Waals surface area contributed by atoms with E-state index in [9.17, 15) is 26.4 Å². The third-order valence-corrected chi connectivity index (χ3v) is 5.27. The van der Waals surface area contributed by atoms with Gasteiger partial charge in [-0.2, -0.15) is 13.2 Å². The van der Waals surface area contributed by atoms with E-state index in [1.807, 2.05) is 4.72 Å². The number of alkyl halides is 3. The monoisotopic (exact) mass is 452 g/mol. The quantitative estimate of drug-likeness (QED) is 0.541. The van der Waals surface area contributed by atoms with Gasteiger partial charge < -0.3 is 5.73 Å². The molecule has 0 fully saturated rings. The fourth-order valence-corrected chi connectivity index (χ4v) is 3.63. The van der Waals surface area contributed by atoms with Gasteiger partial charge in [0, 0.05) is 10.0 Å². The lowest BCUT2D eigenvalue weighted by atomic mass is 10.0. The molecular weight excluding hydrogens is 445 g/mol. The van der Waals surface area contributed by atoms with Gasteiger partial charge in [-0.05, 0) is 50.5 Å². The summed E-state index contributed by atoms with van der Waals surface area (Å²) < 4.78 is 62.9. The first kappa shape index (κ1) is 18.4. The normalized spacial score (nSPS) is 12.5. The zero-order valence-electron chi connectivity index (χ0n) is 10.4. The van der Waals surface area contributed by atoms with Crippen LogP contribution in [-0.2, 0) is 15.8 Å². The first-order chi connectivity index (χ1) is 9.40. The van der Waals surface area contributed by atoms with Crippen molar-refractivity contribution in [1.29, 1.82) is 0 Å². The number of anilines is 1. The minimum Gasteiger partial charge on any atom is -0.397 e. The average molecular weight is 454 g/mol. The molecule has 0 saturated carbocycles. The minimum atomic E-state index is -5.15. The van der Waals surface area contributed by atoms with Crippen LogP contribution in [0.1, 0.15) is 15.9 Å². The van der Waals surface area contributed by atoms with Gasteiger partial charge in [-0.15, -0.1) is 0 Å². The first-order valence-corrected chi connectivity index (χ1v) is 8.43. The molecule has 0 unspecified atom stereocenters. The van der Waals surface area contributed by atoms with Crippen LogP contribution in [0.15, 0.2) is 15.0 Å². The summed E-state index contributed by atoms with van der Waals surface area (Å²) in [6.07, 6.45) is -5.15. The highest BCUT2D eigenvalue weighted by molar-refractivity contribution is 9.11. The van der Waals surface area contributed by atoms with Crippen molar-refractivity contribution in [2.24, 2.45) is 0 Å². The van der Waals surface area contributed by atoms with E-state index in [4.69, 9.17) is 5.73 Å². The largest absolute Gasteiger partial charge is 0.454 e. The molecule has 0 aliphatic heterocycles. The summed E-state index contributed by atoms with van der Waals surface area (Å²) in [5.41, 5.74) is 4.28. The number of rotatable bonds is 4. The fraction of sp³-hybridized carbons (Fsp3) is 0.300. The first-order valence-electron chi connectivity index (χ1n) is 5.19. The summed E-state index contributed by atoms with van der Waals surface area (Å²) in [6.45, 7) is 0. The van der Waals surface area contributed by atoms with E-state index in [0.29, 0.717) is 0 Å². The van der Waals surface area contributed by atoms with Gasteiger partial charge >= 0.3 is 6.18 Å². The van der Waals surface area contributed by atoms with E-state index in [0.717, 1.165) is 13.1 Å². The number of carbonyl (C=O) groups is 1. The molecular formula is C10H9Br2F3N2O3S.